The molecule has 25 heteroatoms. The number of rotatable bonds is 21. The first-order valence-electron chi connectivity index (χ1n) is 27.6. The van der Waals surface area contributed by atoms with E-state index in [1.54, 1.807) is 11.0 Å². The van der Waals surface area contributed by atoms with Gasteiger partial charge in [0.15, 0.2) is 18.9 Å². The Morgan fingerprint density at radius 1 is 0.747 bits per heavy atom. The smallest absolute Gasteiger partial charge is 0.251 e. The molecule has 5 heterocycles. The lowest BCUT2D eigenvalue weighted by molar-refractivity contribution is -0.335. The van der Waals surface area contributed by atoms with Crippen LogP contribution in [-0.2, 0) is 57.1 Å². The molecule has 4 amide bonds. The van der Waals surface area contributed by atoms with Gasteiger partial charge in [0.05, 0.1) is 44.7 Å². The summed E-state index contributed by atoms with van der Waals surface area (Å²) in [6.07, 6.45) is -17.0. The molecule has 0 bridgehead atoms. The Labute approximate surface area is 458 Å². The number of aliphatic hydroxyl groups excluding tert-OH is 8. The summed E-state index contributed by atoms with van der Waals surface area (Å²) < 4.78 is 55.2. The van der Waals surface area contributed by atoms with Crippen LogP contribution in [0.4, 0.5) is 0 Å². The number of likely N-dealkylation sites (tertiary alicyclic amines) is 1. The van der Waals surface area contributed by atoms with Crippen LogP contribution < -0.4 is 20.7 Å². The number of nitrogens with zero attached hydrogens (tertiary/aromatic N) is 1. The van der Waals surface area contributed by atoms with Crippen LogP contribution in [-0.4, -0.2) is 232 Å². The van der Waals surface area contributed by atoms with Crippen LogP contribution in [0.15, 0.2) is 42.2 Å². The van der Waals surface area contributed by atoms with E-state index in [9.17, 15) is 60.0 Å². The molecule has 0 spiro atoms. The molecule has 20 atom stereocenters. The Balaban J connectivity index is 1.000. The predicted octanol–water partition coefficient (Wildman–Crippen LogP) is -2.01. The average molecular weight is 1120 g/mol. The fraction of sp³-hybridized carbons (Fsp3) is 0.741. The van der Waals surface area contributed by atoms with Crippen molar-refractivity contribution in [1.82, 2.24) is 20.9 Å². The third-order valence-electron chi connectivity index (χ3n) is 16.0. The van der Waals surface area contributed by atoms with Gasteiger partial charge in [-0.1, -0.05) is 56.9 Å². The largest absolute Gasteiger partial charge is 0.457 e. The molecule has 6 fully saturated rings. The van der Waals surface area contributed by atoms with E-state index in [0.29, 0.717) is 36.6 Å². The summed E-state index contributed by atoms with van der Waals surface area (Å²) in [5.74, 6) is -1.95. The summed E-state index contributed by atoms with van der Waals surface area (Å²) in [5, 5.41) is 95.8. The minimum Gasteiger partial charge on any atom is -0.457 e. The van der Waals surface area contributed by atoms with E-state index in [0.717, 1.165) is 44.1 Å². The zero-order valence-electron chi connectivity index (χ0n) is 44.9. The zero-order valence-corrected chi connectivity index (χ0v) is 44.9. The Bertz CT molecular complexity index is 2270. The van der Waals surface area contributed by atoms with Crippen LogP contribution in [0, 0.1) is 11.8 Å². The molecule has 9 unspecified atom stereocenters. The van der Waals surface area contributed by atoms with E-state index < -0.39 is 153 Å². The van der Waals surface area contributed by atoms with Crippen LogP contribution in [0.5, 0.6) is 5.75 Å². The number of hydrogen-bond donors (Lipinski definition) is 11. The van der Waals surface area contributed by atoms with Crippen molar-refractivity contribution >= 4 is 29.7 Å². The molecule has 11 N–H and O–H groups in total. The molecule has 442 valence electrons. The summed E-state index contributed by atoms with van der Waals surface area (Å²) in [6, 6.07) is 4.81. The van der Waals surface area contributed by atoms with Gasteiger partial charge in [0.1, 0.15) is 90.8 Å². The molecule has 79 heavy (non-hydrogen) atoms. The number of ether oxygens (including phenoxy) is 9. The molecule has 1 aromatic carbocycles. The van der Waals surface area contributed by atoms with Gasteiger partial charge < -0.3 is 104 Å². The van der Waals surface area contributed by atoms with Crippen LogP contribution in [0.25, 0.3) is 6.08 Å². The van der Waals surface area contributed by atoms with Crippen molar-refractivity contribution < 1.29 is 103 Å². The molecule has 0 radical (unpaired) electrons. The number of fused-ring (bicyclic) bond motifs is 1. The average Bonchev–Trinajstić information content (AvgIpc) is 3.44. The molecule has 7 aliphatic rings. The number of para-hydroxylation sites is 1. The maximum absolute atomic E-state index is 14.3. The quantitative estimate of drug-likeness (QED) is 0.0592. The molecule has 4 saturated heterocycles. The Kier molecular flexibility index (Phi) is 21.3. The number of hydrogen-bond acceptors (Lipinski definition) is 21. The molecular formula is C54H80N4O21. The van der Waals surface area contributed by atoms with E-state index in [4.69, 9.17) is 42.6 Å². The van der Waals surface area contributed by atoms with E-state index in [2.05, 4.69) is 22.5 Å². The van der Waals surface area contributed by atoms with Crippen molar-refractivity contribution in [3.05, 3.63) is 47.7 Å². The molecular weight excluding hydrogens is 1040 g/mol. The van der Waals surface area contributed by atoms with Gasteiger partial charge in [-0.2, -0.15) is 0 Å². The van der Waals surface area contributed by atoms with Crippen molar-refractivity contribution in [2.24, 2.45) is 11.8 Å². The Morgan fingerprint density at radius 2 is 1.43 bits per heavy atom. The van der Waals surface area contributed by atoms with Crippen molar-refractivity contribution in [2.45, 2.75) is 195 Å². The first kappa shape index (κ1) is 60.8. The molecule has 1 aromatic rings. The monoisotopic (exact) mass is 1120 g/mol. The van der Waals surface area contributed by atoms with Gasteiger partial charge in [-0.15, -0.1) is 0 Å². The van der Waals surface area contributed by atoms with E-state index >= 15 is 0 Å². The third kappa shape index (κ3) is 14.7. The van der Waals surface area contributed by atoms with Crippen molar-refractivity contribution in [1.29, 1.82) is 0 Å². The maximum atomic E-state index is 14.3. The molecule has 25 nitrogen and oxygen atoms in total. The third-order valence-corrected chi connectivity index (χ3v) is 16.0. The van der Waals surface area contributed by atoms with Crippen LogP contribution in [0.2, 0.25) is 0 Å². The van der Waals surface area contributed by atoms with Gasteiger partial charge in [-0.3, -0.25) is 19.2 Å². The lowest BCUT2D eigenvalue weighted by Crippen LogP contribution is -2.68. The highest BCUT2D eigenvalue weighted by Crippen LogP contribution is 2.38. The lowest BCUT2D eigenvalue weighted by Gasteiger charge is -2.49. The fourth-order valence-electron chi connectivity index (χ4n) is 11.5. The highest BCUT2D eigenvalue weighted by molar-refractivity contribution is 5.82. The summed E-state index contributed by atoms with van der Waals surface area (Å²) >= 11 is 0. The number of aliphatic hydroxyl groups is 8. The number of nitrogens with one attached hydrogen (secondary N) is 3. The van der Waals surface area contributed by atoms with E-state index in [1.165, 1.54) is 20.8 Å². The zero-order chi connectivity index (χ0) is 56.7. The summed E-state index contributed by atoms with van der Waals surface area (Å²) in [7, 11) is 0. The number of amides is 4. The Hall–Kier alpha value is -4.26. The van der Waals surface area contributed by atoms with Crippen molar-refractivity contribution in [3.63, 3.8) is 0 Å². The highest BCUT2D eigenvalue weighted by Gasteiger charge is 2.54. The molecule has 5 aliphatic heterocycles. The minimum atomic E-state index is -1.81. The van der Waals surface area contributed by atoms with Gasteiger partial charge >= 0.3 is 0 Å². The van der Waals surface area contributed by atoms with Crippen molar-refractivity contribution in [2.75, 3.05) is 46.1 Å². The van der Waals surface area contributed by atoms with Gasteiger partial charge in [-0.25, -0.2) is 0 Å². The van der Waals surface area contributed by atoms with E-state index in [1.807, 2.05) is 24.3 Å². The first-order chi connectivity index (χ1) is 37.8. The summed E-state index contributed by atoms with van der Waals surface area (Å²) in [5.41, 5.74) is 1.32. The molecule has 0 aromatic heterocycles. The second-order valence-corrected chi connectivity index (χ2v) is 21.8. The van der Waals surface area contributed by atoms with Gasteiger partial charge in [0.25, 0.3) is 5.91 Å². The maximum Gasteiger partial charge on any atom is 0.251 e. The first-order valence-corrected chi connectivity index (χ1v) is 27.6. The van der Waals surface area contributed by atoms with Crippen LogP contribution >= 0.6 is 0 Å². The fourth-order valence-corrected chi connectivity index (χ4v) is 11.5. The number of carbonyl (C=O) groups is 4. The second-order valence-electron chi connectivity index (χ2n) is 21.8. The molecule has 2 aliphatic carbocycles. The normalized spacial score (nSPS) is 37.4. The number of benzene rings is 1. The number of carbonyl (C=O) groups excluding carboxylic acids is 4. The van der Waals surface area contributed by atoms with Gasteiger partial charge in [0.2, 0.25) is 17.7 Å². The van der Waals surface area contributed by atoms with Crippen LogP contribution in [0.3, 0.4) is 0 Å². The Morgan fingerprint density at radius 3 is 2.10 bits per heavy atom. The molecule has 2 saturated carbocycles. The lowest BCUT2D eigenvalue weighted by atomic mass is 9.80. The second kappa shape index (κ2) is 27.7. The van der Waals surface area contributed by atoms with E-state index in [-0.39, 0.29) is 44.4 Å². The van der Waals surface area contributed by atoms with Crippen LogP contribution in [0.1, 0.15) is 84.1 Å². The predicted molar refractivity (Wildman–Crippen MR) is 273 cm³/mol. The summed E-state index contributed by atoms with van der Waals surface area (Å²) in [6.45, 7) is 6.93. The SMILES string of the molecule is C=C1Oc2ccccc2C=C1COC1C(O)[C@@H](OCCNC(=O)C2CC(NC(C)=O)[C@@H](O[C@@H]3OC(C)[C@@H](O)[C@H](O)C3O)[C@H](O[C@@H]3O[C@@H](CO)[C@H](O)C(O[C@@H](CC4CCCCC4)C(=O)N4CCC4)C3NC(C)=O)C2)OC(CO)[C@H]1O. The topological polar surface area (TPSA) is 353 Å². The van der Waals surface area contributed by atoms with Gasteiger partial charge in [0, 0.05) is 50.5 Å². The highest BCUT2D eigenvalue weighted by atomic mass is 16.7. The van der Waals surface area contributed by atoms with Crippen molar-refractivity contribution in [3.8, 4) is 5.75 Å². The summed E-state index contributed by atoms with van der Waals surface area (Å²) in [4.78, 5) is 56.1. The van der Waals surface area contributed by atoms with Gasteiger partial charge in [-0.05, 0) is 50.7 Å². The standard InChI is InChI=1S/C54H80N4O21/c1-26-33(20-31-13-8-9-14-35(31)73-26)25-72-49-43(65)39(24-60)78-53(46(49)68)71-18-15-55-50(69)32-21-34(56-28(3)61)47(79-54-45(67)44(66)41(63)27(2)74-54)36(22-32)76-52-40(57-29(4)62)48(42(64)38(23-59)77-52)75-37(51(70)58-16-10-17-58)19-30-11-6-5-7-12-30/h8-9,13-14,20,27,30,32,34,36-49,52-54,59-60,63-68H,1,5-7,10-12,15-19,21-25H2,2-4H3,(H,55,69)(H,56,61)(H,57,62)/t27?,32?,34?,36-,37+,38+,39?,40?,41-,42+,43-,44+,45?,46?,47-,48?,49?,52-,53+,54+/m1/s1. The molecule has 8 rings (SSSR count). The minimum absolute atomic E-state index is 0.106.